The zero-order chi connectivity index (χ0) is 13.7. The number of methoxy groups -OCH3 is 1. The smallest absolute Gasteiger partial charge is 0.123 e. The Labute approximate surface area is 118 Å². The van der Waals surface area contributed by atoms with Crippen LogP contribution in [0.1, 0.15) is 11.3 Å². The first-order valence-electron chi connectivity index (χ1n) is 6.20. The van der Waals surface area contributed by atoms with Gasteiger partial charge in [-0.25, -0.2) is 0 Å². The molecular formula is C14H18ClN3O. The van der Waals surface area contributed by atoms with Crippen LogP contribution in [0.4, 0.5) is 0 Å². The maximum atomic E-state index is 5.99. The van der Waals surface area contributed by atoms with Crippen LogP contribution >= 0.6 is 11.6 Å². The summed E-state index contributed by atoms with van der Waals surface area (Å²) in [5, 5.41) is 8.26. The Morgan fingerprint density at radius 2 is 2.21 bits per heavy atom. The molecule has 2 aromatic rings. The first kappa shape index (κ1) is 13.9. The third-order valence-electron chi connectivity index (χ3n) is 3.04. The van der Waals surface area contributed by atoms with Gasteiger partial charge >= 0.3 is 0 Å². The average molecular weight is 280 g/mol. The zero-order valence-electron chi connectivity index (χ0n) is 11.2. The number of ether oxygens (including phenoxy) is 1. The van der Waals surface area contributed by atoms with Crippen molar-refractivity contribution in [3.8, 4) is 5.75 Å². The van der Waals surface area contributed by atoms with E-state index in [1.54, 1.807) is 7.11 Å². The molecule has 0 saturated heterocycles. The number of aromatic nitrogens is 2. The third kappa shape index (κ3) is 3.72. The second kappa shape index (κ2) is 6.59. The van der Waals surface area contributed by atoms with Crippen LogP contribution in [0.15, 0.2) is 30.5 Å². The molecule has 0 saturated carbocycles. The van der Waals surface area contributed by atoms with Crippen molar-refractivity contribution in [2.24, 2.45) is 7.05 Å². The molecule has 4 nitrogen and oxygen atoms in total. The van der Waals surface area contributed by atoms with Crippen molar-refractivity contribution in [3.05, 3.63) is 46.7 Å². The van der Waals surface area contributed by atoms with Crippen molar-refractivity contribution in [1.29, 1.82) is 0 Å². The summed E-state index contributed by atoms with van der Waals surface area (Å²) in [6.07, 6.45) is 2.76. The summed E-state index contributed by atoms with van der Waals surface area (Å²) < 4.78 is 7.20. The Kier molecular flexibility index (Phi) is 4.82. The van der Waals surface area contributed by atoms with Gasteiger partial charge in [0.2, 0.25) is 0 Å². The molecule has 0 atom stereocenters. The molecule has 1 aromatic heterocycles. The van der Waals surface area contributed by atoms with Crippen LogP contribution in [-0.4, -0.2) is 23.4 Å². The molecule has 0 fully saturated rings. The Bertz CT molecular complexity index is 539. The fourth-order valence-corrected chi connectivity index (χ4v) is 2.17. The average Bonchev–Trinajstić information content (AvgIpc) is 2.80. The van der Waals surface area contributed by atoms with Crippen LogP contribution in [0.25, 0.3) is 0 Å². The zero-order valence-corrected chi connectivity index (χ0v) is 11.9. The second-order valence-electron chi connectivity index (χ2n) is 4.33. The van der Waals surface area contributed by atoms with Crippen LogP contribution in [-0.2, 0) is 20.0 Å². The third-order valence-corrected chi connectivity index (χ3v) is 3.27. The SMILES string of the molecule is COc1ccc(Cl)cc1CNCCc1ccnn1C. The monoisotopic (exact) mass is 279 g/mol. The topological polar surface area (TPSA) is 39.1 Å². The number of nitrogens with one attached hydrogen (secondary N) is 1. The molecular weight excluding hydrogens is 262 g/mol. The summed E-state index contributed by atoms with van der Waals surface area (Å²) >= 11 is 5.99. The van der Waals surface area contributed by atoms with Gasteiger partial charge in [-0.1, -0.05) is 11.6 Å². The van der Waals surface area contributed by atoms with Gasteiger partial charge in [0.05, 0.1) is 7.11 Å². The van der Waals surface area contributed by atoms with Gasteiger partial charge in [0.1, 0.15) is 5.75 Å². The lowest BCUT2D eigenvalue weighted by atomic mass is 10.2. The van der Waals surface area contributed by atoms with Gasteiger partial charge in [-0.3, -0.25) is 4.68 Å². The molecule has 1 N–H and O–H groups in total. The second-order valence-corrected chi connectivity index (χ2v) is 4.77. The van der Waals surface area contributed by atoms with E-state index < -0.39 is 0 Å². The summed E-state index contributed by atoms with van der Waals surface area (Å²) in [6, 6.07) is 7.68. The number of hydrogen-bond acceptors (Lipinski definition) is 3. The van der Waals surface area contributed by atoms with Gasteiger partial charge in [0.15, 0.2) is 0 Å². The van der Waals surface area contributed by atoms with Crippen molar-refractivity contribution >= 4 is 11.6 Å². The Morgan fingerprint density at radius 3 is 2.89 bits per heavy atom. The van der Waals surface area contributed by atoms with E-state index in [1.807, 2.05) is 42.2 Å². The van der Waals surface area contributed by atoms with E-state index in [9.17, 15) is 0 Å². The van der Waals surface area contributed by atoms with Crippen molar-refractivity contribution in [1.82, 2.24) is 15.1 Å². The lowest BCUT2D eigenvalue weighted by molar-refractivity contribution is 0.407. The van der Waals surface area contributed by atoms with Crippen LogP contribution < -0.4 is 10.1 Å². The number of aryl methyl sites for hydroxylation is 1. The Balaban J connectivity index is 1.86. The van der Waals surface area contributed by atoms with E-state index in [0.717, 1.165) is 35.8 Å². The summed E-state index contributed by atoms with van der Waals surface area (Å²) in [5.74, 6) is 0.859. The van der Waals surface area contributed by atoms with Crippen molar-refractivity contribution in [2.75, 3.05) is 13.7 Å². The van der Waals surface area contributed by atoms with E-state index in [4.69, 9.17) is 16.3 Å². The molecule has 19 heavy (non-hydrogen) atoms. The Hall–Kier alpha value is -1.52. The van der Waals surface area contributed by atoms with E-state index in [0.29, 0.717) is 0 Å². The highest BCUT2D eigenvalue weighted by molar-refractivity contribution is 6.30. The fraction of sp³-hybridized carbons (Fsp3) is 0.357. The number of rotatable bonds is 6. The van der Waals surface area contributed by atoms with E-state index >= 15 is 0 Å². The minimum absolute atomic E-state index is 0.726. The minimum atomic E-state index is 0.726. The molecule has 5 heteroatoms. The van der Waals surface area contributed by atoms with Crippen molar-refractivity contribution in [2.45, 2.75) is 13.0 Å². The van der Waals surface area contributed by atoms with Gasteiger partial charge in [-0.15, -0.1) is 0 Å². The highest BCUT2D eigenvalue weighted by Gasteiger charge is 2.04. The minimum Gasteiger partial charge on any atom is -0.496 e. The predicted molar refractivity (Wildman–Crippen MR) is 76.6 cm³/mol. The van der Waals surface area contributed by atoms with Crippen LogP contribution in [0.5, 0.6) is 5.75 Å². The highest BCUT2D eigenvalue weighted by atomic mass is 35.5. The van der Waals surface area contributed by atoms with E-state index in [-0.39, 0.29) is 0 Å². The number of halogens is 1. The van der Waals surface area contributed by atoms with Crippen LogP contribution in [0.3, 0.4) is 0 Å². The van der Waals surface area contributed by atoms with E-state index in [1.165, 1.54) is 5.69 Å². The predicted octanol–water partition coefficient (Wildman–Crippen LogP) is 2.41. The highest BCUT2D eigenvalue weighted by Crippen LogP contribution is 2.22. The molecule has 1 heterocycles. The maximum Gasteiger partial charge on any atom is 0.123 e. The van der Waals surface area contributed by atoms with Crippen molar-refractivity contribution < 1.29 is 4.74 Å². The molecule has 0 aliphatic heterocycles. The summed E-state index contributed by atoms with van der Waals surface area (Å²) in [7, 11) is 3.62. The summed E-state index contributed by atoms with van der Waals surface area (Å²) in [6.45, 7) is 1.62. The van der Waals surface area contributed by atoms with Crippen LogP contribution in [0.2, 0.25) is 5.02 Å². The standard InChI is InChI=1S/C14H18ClN3O/c1-18-13(6-8-17-18)5-7-16-10-11-9-12(15)3-4-14(11)19-2/h3-4,6,8-9,16H,5,7,10H2,1-2H3. The van der Waals surface area contributed by atoms with Gasteiger partial charge < -0.3 is 10.1 Å². The van der Waals surface area contributed by atoms with Gasteiger partial charge in [-0.2, -0.15) is 5.10 Å². The van der Waals surface area contributed by atoms with Gasteiger partial charge in [0, 0.05) is 49.0 Å². The van der Waals surface area contributed by atoms with Gasteiger partial charge in [-0.05, 0) is 24.3 Å². The fourth-order valence-electron chi connectivity index (χ4n) is 1.97. The number of hydrogen-bond donors (Lipinski definition) is 1. The number of benzene rings is 1. The molecule has 0 radical (unpaired) electrons. The molecule has 0 aliphatic carbocycles. The largest absolute Gasteiger partial charge is 0.496 e. The van der Waals surface area contributed by atoms with E-state index in [2.05, 4.69) is 10.4 Å². The lowest BCUT2D eigenvalue weighted by Crippen LogP contribution is -2.18. The molecule has 2 rings (SSSR count). The first-order chi connectivity index (χ1) is 9.20. The Morgan fingerprint density at radius 1 is 1.37 bits per heavy atom. The molecule has 0 amide bonds. The maximum absolute atomic E-state index is 5.99. The molecule has 0 bridgehead atoms. The molecule has 1 aromatic carbocycles. The number of nitrogens with zero attached hydrogens (tertiary/aromatic N) is 2. The van der Waals surface area contributed by atoms with Crippen molar-refractivity contribution in [3.63, 3.8) is 0 Å². The van der Waals surface area contributed by atoms with Crippen LogP contribution in [0, 0.1) is 0 Å². The molecule has 0 aliphatic rings. The normalized spacial score (nSPS) is 10.7. The summed E-state index contributed by atoms with van der Waals surface area (Å²) in [4.78, 5) is 0. The molecule has 0 spiro atoms. The quantitative estimate of drug-likeness (QED) is 0.826. The molecule has 102 valence electrons. The lowest BCUT2D eigenvalue weighted by Gasteiger charge is -2.10. The van der Waals surface area contributed by atoms with Gasteiger partial charge in [0.25, 0.3) is 0 Å². The first-order valence-corrected chi connectivity index (χ1v) is 6.58. The summed E-state index contributed by atoms with van der Waals surface area (Å²) in [5.41, 5.74) is 2.28. The molecule has 0 unspecified atom stereocenters.